The summed E-state index contributed by atoms with van der Waals surface area (Å²) in [6.07, 6.45) is 1.52. The first-order valence-corrected chi connectivity index (χ1v) is 16.6. The first-order chi connectivity index (χ1) is 23.1. The molecule has 12 nitrogen and oxygen atoms in total. The quantitative estimate of drug-likeness (QED) is 0.151. The molecule has 2 aromatic carbocycles. The molecular weight excluding hydrogens is 626 g/mol. The van der Waals surface area contributed by atoms with Crippen molar-refractivity contribution in [1.29, 1.82) is 0 Å². The van der Waals surface area contributed by atoms with Gasteiger partial charge >= 0.3 is 12.1 Å². The van der Waals surface area contributed by atoms with E-state index < -0.39 is 59.6 Å². The van der Waals surface area contributed by atoms with Crippen LogP contribution < -0.4 is 21.3 Å². The highest BCUT2D eigenvalue weighted by Crippen LogP contribution is 2.20. The van der Waals surface area contributed by atoms with Gasteiger partial charge < -0.3 is 35.7 Å². The molecule has 49 heavy (non-hydrogen) atoms. The Kier molecular flexibility index (Phi) is 13.8. The highest BCUT2D eigenvalue weighted by Gasteiger charge is 2.33. The van der Waals surface area contributed by atoms with Gasteiger partial charge in [-0.25, -0.2) is 9.59 Å². The smallest absolute Gasteiger partial charge is 0.408 e. The molecule has 1 aromatic heterocycles. The number of benzene rings is 2. The topological polar surface area (TPSA) is 168 Å². The van der Waals surface area contributed by atoms with Crippen molar-refractivity contribution in [1.82, 2.24) is 26.3 Å². The zero-order chi connectivity index (χ0) is 36.3. The van der Waals surface area contributed by atoms with Crippen LogP contribution in [0.25, 0.3) is 10.9 Å². The van der Waals surface area contributed by atoms with Gasteiger partial charge in [-0.1, -0.05) is 76.2 Å². The van der Waals surface area contributed by atoms with Gasteiger partial charge in [0.15, 0.2) is 0 Å². The zero-order valence-corrected chi connectivity index (χ0v) is 29.7. The molecule has 0 saturated carbocycles. The summed E-state index contributed by atoms with van der Waals surface area (Å²) >= 11 is 0. The summed E-state index contributed by atoms with van der Waals surface area (Å²) in [6, 6.07) is 12.5. The molecule has 0 bridgehead atoms. The fourth-order valence-electron chi connectivity index (χ4n) is 5.36. The van der Waals surface area contributed by atoms with Gasteiger partial charge in [-0.3, -0.25) is 14.4 Å². The molecule has 0 fully saturated rings. The van der Waals surface area contributed by atoms with E-state index >= 15 is 0 Å². The molecule has 3 aromatic rings. The molecule has 0 spiro atoms. The molecule has 12 heteroatoms. The number of fused-ring (bicyclic) bond motifs is 1. The first-order valence-electron chi connectivity index (χ1n) is 16.6. The number of aromatic amines is 1. The highest BCUT2D eigenvalue weighted by molar-refractivity contribution is 5.95. The molecule has 3 rings (SSSR count). The van der Waals surface area contributed by atoms with Crippen LogP contribution in [0.5, 0.6) is 0 Å². The Bertz CT molecular complexity index is 1580. The van der Waals surface area contributed by atoms with Crippen LogP contribution >= 0.6 is 0 Å². The van der Waals surface area contributed by atoms with Crippen LogP contribution in [-0.2, 0) is 41.5 Å². The van der Waals surface area contributed by atoms with Gasteiger partial charge in [0, 0.05) is 29.9 Å². The number of esters is 1. The Labute approximate surface area is 288 Å². The number of nitrogens with one attached hydrogen (secondary N) is 5. The van der Waals surface area contributed by atoms with Crippen molar-refractivity contribution in [2.45, 2.75) is 97.5 Å². The Morgan fingerprint density at radius 3 is 1.90 bits per heavy atom. The fraction of sp³-hybridized carbons (Fsp3) is 0.486. The van der Waals surface area contributed by atoms with E-state index in [0.29, 0.717) is 6.42 Å². The maximum atomic E-state index is 14.1. The molecule has 0 saturated heterocycles. The van der Waals surface area contributed by atoms with Crippen molar-refractivity contribution in [3.63, 3.8) is 0 Å². The van der Waals surface area contributed by atoms with Crippen molar-refractivity contribution < 1.29 is 33.4 Å². The van der Waals surface area contributed by atoms with E-state index in [2.05, 4.69) is 26.3 Å². The third-order valence-electron chi connectivity index (χ3n) is 7.78. The van der Waals surface area contributed by atoms with Crippen LogP contribution in [0.2, 0.25) is 0 Å². The number of methoxy groups -OCH3 is 1. The lowest BCUT2D eigenvalue weighted by atomic mass is 9.99. The van der Waals surface area contributed by atoms with Gasteiger partial charge in [-0.15, -0.1) is 0 Å². The minimum atomic E-state index is -1.13. The lowest BCUT2D eigenvalue weighted by Crippen LogP contribution is -2.59. The second-order valence-corrected chi connectivity index (χ2v) is 14.0. The van der Waals surface area contributed by atoms with Crippen molar-refractivity contribution in [2.75, 3.05) is 7.11 Å². The van der Waals surface area contributed by atoms with E-state index in [9.17, 15) is 24.0 Å². The van der Waals surface area contributed by atoms with E-state index in [4.69, 9.17) is 9.47 Å². The number of H-pyrrole nitrogens is 1. The predicted octanol–water partition coefficient (Wildman–Crippen LogP) is 4.18. The number of rotatable bonds is 15. The number of carbonyl (C=O) groups is 5. The van der Waals surface area contributed by atoms with Gasteiger partial charge in [0.25, 0.3) is 0 Å². The molecule has 0 aliphatic carbocycles. The minimum Gasteiger partial charge on any atom is -0.467 e. The zero-order valence-electron chi connectivity index (χ0n) is 29.7. The summed E-state index contributed by atoms with van der Waals surface area (Å²) < 4.78 is 10.3. The van der Waals surface area contributed by atoms with E-state index in [-0.39, 0.29) is 24.7 Å². The molecule has 4 amide bonds. The van der Waals surface area contributed by atoms with Gasteiger partial charge in [0.1, 0.15) is 29.8 Å². The van der Waals surface area contributed by atoms with Crippen LogP contribution in [0.3, 0.4) is 0 Å². The van der Waals surface area contributed by atoms with Gasteiger partial charge in [0.2, 0.25) is 17.7 Å². The maximum Gasteiger partial charge on any atom is 0.408 e. The van der Waals surface area contributed by atoms with Gasteiger partial charge in [-0.05, 0) is 56.2 Å². The number of carbonyl (C=O) groups excluding carboxylic acids is 5. The van der Waals surface area contributed by atoms with Crippen LogP contribution in [-0.4, -0.2) is 71.6 Å². The number of hydrogen-bond acceptors (Lipinski definition) is 7. The standard InChI is InChI=1S/C37H51N5O7/c1-22(2)18-28(41-36(47)49-37(5,6)7)32(43)39-29(19-24-14-10-9-11-15-24)33(44)40-30(34(45)42-31(23(3)4)35(46)48-8)20-25-21-38-27-17-13-12-16-26(25)27/h9-17,21-23,28-31,38H,18-20H2,1-8H3,(H,39,43)(H,40,44)(H,41,47)(H,42,45)/t28-,29-,30+,31-/m1/s1. The van der Waals surface area contributed by atoms with E-state index in [1.165, 1.54) is 7.11 Å². The number of para-hydroxylation sites is 1. The lowest BCUT2D eigenvalue weighted by molar-refractivity contribution is -0.146. The third-order valence-corrected chi connectivity index (χ3v) is 7.78. The summed E-state index contributed by atoms with van der Waals surface area (Å²) in [6.45, 7) is 12.6. The molecule has 0 aliphatic rings. The van der Waals surface area contributed by atoms with Gasteiger partial charge in [-0.2, -0.15) is 0 Å². The molecule has 0 radical (unpaired) electrons. The summed E-state index contributed by atoms with van der Waals surface area (Å²) in [5.41, 5.74) is 1.63. The van der Waals surface area contributed by atoms with E-state index in [1.54, 1.807) is 40.8 Å². The normalized spacial score (nSPS) is 14.0. The second kappa shape index (κ2) is 17.5. The average Bonchev–Trinajstić information content (AvgIpc) is 3.44. The Morgan fingerprint density at radius 2 is 1.31 bits per heavy atom. The Morgan fingerprint density at radius 1 is 0.735 bits per heavy atom. The molecule has 5 N–H and O–H groups in total. The molecule has 0 aliphatic heterocycles. The number of alkyl carbamates (subject to hydrolysis) is 1. The van der Waals surface area contributed by atoms with Crippen LogP contribution in [0.1, 0.15) is 66.0 Å². The number of ether oxygens (including phenoxy) is 2. The van der Waals surface area contributed by atoms with E-state index in [0.717, 1.165) is 22.0 Å². The second-order valence-electron chi connectivity index (χ2n) is 14.0. The Hall–Kier alpha value is -4.87. The predicted molar refractivity (Wildman–Crippen MR) is 187 cm³/mol. The van der Waals surface area contributed by atoms with Crippen LogP contribution in [0.4, 0.5) is 4.79 Å². The number of aromatic nitrogens is 1. The fourth-order valence-corrected chi connectivity index (χ4v) is 5.36. The summed E-state index contributed by atoms with van der Waals surface area (Å²) in [4.78, 5) is 70.1. The highest BCUT2D eigenvalue weighted by atomic mass is 16.6. The average molecular weight is 678 g/mol. The monoisotopic (exact) mass is 677 g/mol. The van der Waals surface area contributed by atoms with Crippen molar-refractivity contribution >= 4 is 40.7 Å². The molecule has 1 heterocycles. The summed E-state index contributed by atoms with van der Waals surface area (Å²) in [5.74, 6) is -2.64. The van der Waals surface area contributed by atoms with E-state index in [1.807, 2.05) is 68.4 Å². The molecule has 0 unspecified atom stereocenters. The van der Waals surface area contributed by atoms with Crippen LogP contribution in [0.15, 0.2) is 60.8 Å². The lowest BCUT2D eigenvalue weighted by Gasteiger charge is -2.28. The molecular formula is C37H51N5O7. The summed E-state index contributed by atoms with van der Waals surface area (Å²) in [5, 5.41) is 12.0. The first kappa shape index (κ1) is 38.6. The molecule has 4 atom stereocenters. The Balaban J connectivity index is 1.94. The third kappa shape index (κ3) is 12.0. The largest absolute Gasteiger partial charge is 0.467 e. The van der Waals surface area contributed by atoms with Crippen molar-refractivity contribution in [3.05, 3.63) is 71.9 Å². The van der Waals surface area contributed by atoms with Crippen molar-refractivity contribution in [2.24, 2.45) is 11.8 Å². The summed E-state index contributed by atoms with van der Waals surface area (Å²) in [7, 11) is 1.25. The number of hydrogen-bond donors (Lipinski definition) is 5. The minimum absolute atomic E-state index is 0.0278. The maximum absolute atomic E-state index is 14.1. The van der Waals surface area contributed by atoms with Crippen LogP contribution in [0, 0.1) is 11.8 Å². The van der Waals surface area contributed by atoms with Crippen molar-refractivity contribution in [3.8, 4) is 0 Å². The SMILES string of the molecule is COC(=O)[C@H](NC(=O)[C@H](Cc1c[nH]c2ccccc12)NC(=O)[C@@H](Cc1ccccc1)NC(=O)[C@@H](CC(C)C)NC(=O)OC(C)(C)C)C(C)C. The number of amides is 4. The molecule has 266 valence electrons. The van der Waals surface area contributed by atoms with Gasteiger partial charge in [0.05, 0.1) is 7.11 Å².